The molecule has 1 aromatic carbocycles. The number of hydrogen-bond donors (Lipinski definition) is 1. The highest BCUT2D eigenvalue weighted by Crippen LogP contribution is 2.24. The summed E-state index contributed by atoms with van der Waals surface area (Å²) in [5, 5.41) is 3.24. The number of aryl methyl sites for hydroxylation is 1. The molecule has 0 atom stereocenters. The summed E-state index contributed by atoms with van der Waals surface area (Å²) in [7, 11) is 0. The van der Waals surface area contributed by atoms with Crippen molar-refractivity contribution < 1.29 is 8.81 Å². The predicted molar refractivity (Wildman–Crippen MR) is 73.2 cm³/mol. The fraction of sp³-hybridized carbons (Fsp3) is 0.400. The number of nitrogens with zero attached hydrogens (tertiary/aromatic N) is 1. The second kappa shape index (κ2) is 5.97. The van der Waals surface area contributed by atoms with Crippen molar-refractivity contribution in [3.63, 3.8) is 0 Å². The SMILES string of the molecule is Cc1ccc(-c2cnc(CNCC(C)C)o2)c(F)c1. The molecular weight excluding hydrogens is 243 g/mol. The van der Waals surface area contributed by atoms with Crippen LogP contribution in [0.2, 0.25) is 0 Å². The summed E-state index contributed by atoms with van der Waals surface area (Å²) in [5.41, 5.74) is 1.34. The quantitative estimate of drug-likeness (QED) is 0.895. The van der Waals surface area contributed by atoms with Crippen molar-refractivity contribution in [1.29, 1.82) is 0 Å². The normalized spacial score (nSPS) is 11.2. The molecule has 102 valence electrons. The molecule has 1 aromatic heterocycles. The highest BCUT2D eigenvalue weighted by atomic mass is 19.1. The Bertz CT molecular complexity index is 549. The van der Waals surface area contributed by atoms with E-state index in [2.05, 4.69) is 24.1 Å². The van der Waals surface area contributed by atoms with E-state index >= 15 is 0 Å². The predicted octanol–water partition coefficient (Wildman–Crippen LogP) is 3.53. The van der Waals surface area contributed by atoms with Gasteiger partial charge in [-0.05, 0) is 37.1 Å². The average Bonchev–Trinajstić information content (AvgIpc) is 2.77. The van der Waals surface area contributed by atoms with Gasteiger partial charge < -0.3 is 9.73 Å². The molecule has 0 saturated heterocycles. The first-order valence-corrected chi connectivity index (χ1v) is 6.48. The maximum Gasteiger partial charge on any atom is 0.208 e. The summed E-state index contributed by atoms with van der Waals surface area (Å²) in [5.74, 6) is 1.34. The minimum Gasteiger partial charge on any atom is -0.439 e. The second-order valence-electron chi connectivity index (χ2n) is 5.13. The van der Waals surface area contributed by atoms with Crippen LogP contribution >= 0.6 is 0 Å². The van der Waals surface area contributed by atoms with E-state index in [4.69, 9.17) is 4.42 Å². The Morgan fingerprint density at radius 1 is 1.37 bits per heavy atom. The van der Waals surface area contributed by atoms with E-state index in [0.29, 0.717) is 29.7 Å². The number of benzene rings is 1. The fourth-order valence-electron chi connectivity index (χ4n) is 1.80. The lowest BCUT2D eigenvalue weighted by atomic mass is 10.1. The first kappa shape index (κ1) is 13.7. The molecule has 0 bridgehead atoms. The first-order chi connectivity index (χ1) is 9.06. The van der Waals surface area contributed by atoms with Gasteiger partial charge >= 0.3 is 0 Å². The molecule has 1 N–H and O–H groups in total. The summed E-state index contributed by atoms with van der Waals surface area (Å²) in [6, 6.07) is 5.07. The molecule has 0 amide bonds. The third-order valence-corrected chi connectivity index (χ3v) is 2.77. The van der Waals surface area contributed by atoms with Gasteiger partial charge in [-0.1, -0.05) is 19.9 Å². The molecule has 19 heavy (non-hydrogen) atoms. The average molecular weight is 262 g/mol. The topological polar surface area (TPSA) is 38.1 Å². The Morgan fingerprint density at radius 3 is 2.84 bits per heavy atom. The number of aromatic nitrogens is 1. The molecule has 3 nitrogen and oxygen atoms in total. The van der Waals surface area contributed by atoms with Crippen molar-refractivity contribution >= 4 is 0 Å². The van der Waals surface area contributed by atoms with E-state index in [0.717, 1.165) is 12.1 Å². The van der Waals surface area contributed by atoms with Gasteiger partial charge in [0.1, 0.15) is 5.82 Å². The van der Waals surface area contributed by atoms with E-state index in [9.17, 15) is 4.39 Å². The number of nitrogens with one attached hydrogen (secondary N) is 1. The van der Waals surface area contributed by atoms with E-state index in [1.165, 1.54) is 6.07 Å². The van der Waals surface area contributed by atoms with E-state index in [-0.39, 0.29) is 5.82 Å². The van der Waals surface area contributed by atoms with Gasteiger partial charge in [0.15, 0.2) is 5.76 Å². The third kappa shape index (κ3) is 3.64. The van der Waals surface area contributed by atoms with Gasteiger partial charge in [-0.2, -0.15) is 0 Å². The molecule has 4 heteroatoms. The fourth-order valence-corrected chi connectivity index (χ4v) is 1.80. The highest BCUT2D eigenvalue weighted by Gasteiger charge is 2.11. The van der Waals surface area contributed by atoms with E-state index in [1.54, 1.807) is 12.3 Å². The van der Waals surface area contributed by atoms with Crippen molar-refractivity contribution in [3.8, 4) is 11.3 Å². The lowest BCUT2D eigenvalue weighted by molar-refractivity contribution is 0.457. The summed E-state index contributed by atoms with van der Waals surface area (Å²) >= 11 is 0. The Hall–Kier alpha value is -1.68. The van der Waals surface area contributed by atoms with Gasteiger partial charge in [0, 0.05) is 0 Å². The summed E-state index contributed by atoms with van der Waals surface area (Å²) < 4.78 is 19.4. The molecule has 0 aliphatic carbocycles. The molecule has 0 fully saturated rings. The lowest BCUT2D eigenvalue weighted by Crippen LogP contribution is -2.18. The Kier molecular flexibility index (Phi) is 4.32. The van der Waals surface area contributed by atoms with Gasteiger partial charge in [0.2, 0.25) is 5.89 Å². The van der Waals surface area contributed by atoms with Crippen LogP contribution in [0.5, 0.6) is 0 Å². The van der Waals surface area contributed by atoms with Crippen molar-refractivity contribution in [2.24, 2.45) is 5.92 Å². The highest BCUT2D eigenvalue weighted by molar-refractivity contribution is 5.57. The van der Waals surface area contributed by atoms with Crippen LogP contribution in [-0.2, 0) is 6.54 Å². The van der Waals surface area contributed by atoms with Crippen molar-refractivity contribution in [2.75, 3.05) is 6.54 Å². The van der Waals surface area contributed by atoms with Crippen LogP contribution in [0.25, 0.3) is 11.3 Å². The molecule has 0 spiro atoms. The molecular formula is C15H19FN2O. The van der Waals surface area contributed by atoms with Crippen LogP contribution in [-0.4, -0.2) is 11.5 Å². The number of oxazole rings is 1. The molecule has 0 saturated carbocycles. The maximum absolute atomic E-state index is 13.8. The van der Waals surface area contributed by atoms with Gasteiger partial charge in [0.05, 0.1) is 18.3 Å². The number of halogens is 1. The van der Waals surface area contributed by atoms with Gasteiger partial charge in [-0.3, -0.25) is 0 Å². The van der Waals surface area contributed by atoms with Crippen molar-refractivity contribution in [1.82, 2.24) is 10.3 Å². The van der Waals surface area contributed by atoms with E-state index < -0.39 is 0 Å². The second-order valence-corrected chi connectivity index (χ2v) is 5.13. The van der Waals surface area contributed by atoms with Gasteiger partial charge in [-0.15, -0.1) is 0 Å². The standard InChI is InChI=1S/C15H19FN2O/c1-10(2)7-17-9-15-18-8-14(19-15)12-5-4-11(3)6-13(12)16/h4-6,8,10,17H,7,9H2,1-3H3. The van der Waals surface area contributed by atoms with Crippen LogP contribution in [0.3, 0.4) is 0 Å². The van der Waals surface area contributed by atoms with Crippen LogP contribution in [0.15, 0.2) is 28.8 Å². The smallest absolute Gasteiger partial charge is 0.208 e. The molecule has 1 heterocycles. The zero-order valence-electron chi connectivity index (χ0n) is 11.5. The monoisotopic (exact) mass is 262 g/mol. The molecule has 0 aliphatic rings. The third-order valence-electron chi connectivity index (χ3n) is 2.77. The number of rotatable bonds is 5. The molecule has 0 radical (unpaired) electrons. The lowest BCUT2D eigenvalue weighted by Gasteiger charge is -2.04. The summed E-state index contributed by atoms with van der Waals surface area (Å²) in [4.78, 5) is 4.16. The van der Waals surface area contributed by atoms with Crippen LogP contribution in [0.4, 0.5) is 4.39 Å². The Morgan fingerprint density at radius 2 is 2.16 bits per heavy atom. The first-order valence-electron chi connectivity index (χ1n) is 6.48. The molecule has 0 aliphatic heterocycles. The Balaban J connectivity index is 2.08. The molecule has 0 unspecified atom stereocenters. The molecule has 2 rings (SSSR count). The zero-order chi connectivity index (χ0) is 13.8. The Labute approximate surface area is 112 Å². The van der Waals surface area contributed by atoms with Crippen molar-refractivity contribution in [3.05, 3.63) is 41.7 Å². The van der Waals surface area contributed by atoms with Gasteiger partial charge in [0.25, 0.3) is 0 Å². The van der Waals surface area contributed by atoms with Gasteiger partial charge in [-0.25, -0.2) is 9.37 Å². The number of hydrogen-bond acceptors (Lipinski definition) is 3. The summed E-state index contributed by atoms with van der Waals surface area (Å²) in [6.45, 7) is 7.59. The summed E-state index contributed by atoms with van der Waals surface area (Å²) in [6.07, 6.45) is 1.57. The minimum atomic E-state index is -0.280. The van der Waals surface area contributed by atoms with Crippen molar-refractivity contribution in [2.45, 2.75) is 27.3 Å². The zero-order valence-corrected chi connectivity index (χ0v) is 11.5. The van der Waals surface area contributed by atoms with E-state index in [1.807, 2.05) is 13.0 Å². The maximum atomic E-state index is 13.8. The largest absolute Gasteiger partial charge is 0.439 e. The van der Waals surface area contributed by atoms with Crippen LogP contribution < -0.4 is 5.32 Å². The minimum absolute atomic E-state index is 0.280. The van der Waals surface area contributed by atoms with Crippen LogP contribution in [0, 0.1) is 18.7 Å². The molecule has 2 aromatic rings. The van der Waals surface area contributed by atoms with Crippen LogP contribution in [0.1, 0.15) is 25.3 Å².